The van der Waals surface area contributed by atoms with E-state index in [1.54, 1.807) is 12.5 Å². The number of nitrogens with two attached hydrogens (primary N) is 1. The van der Waals surface area contributed by atoms with Crippen LogP contribution in [0, 0.1) is 6.92 Å². The van der Waals surface area contributed by atoms with Gasteiger partial charge in [-0.15, -0.1) is 0 Å². The Bertz CT molecular complexity index is 666. The molecule has 7 heteroatoms. The zero-order valence-corrected chi connectivity index (χ0v) is 13.9. The number of carbonyl (C=O) groups excluding carboxylic acids is 1. The molecule has 0 radical (unpaired) electrons. The number of morpholine rings is 1. The smallest absolute Gasteiger partial charge is 0.222 e. The number of hydrogen-bond acceptors (Lipinski definition) is 5. The molecule has 1 unspecified atom stereocenters. The van der Waals surface area contributed by atoms with Crippen molar-refractivity contribution in [2.45, 2.75) is 32.4 Å². The fraction of sp³-hybridized carbons (Fsp3) is 0.471. The van der Waals surface area contributed by atoms with Crippen LogP contribution >= 0.6 is 0 Å². The first-order valence-corrected chi connectivity index (χ1v) is 8.21. The summed E-state index contributed by atoms with van der Waals surface area (Å²) in [6, 6.07) is 3.65. The summed E-state index contributed by atoms with van der Waals surface area (Å²) >= 11 is 0. The first-order valence-electron chi connectivity index (χ1n) is 8.21. The van der Waals surface area contributed by atoms with Gasteiger partial charge < -0.3 is 19.9 Å². The van der Waals surface area contributed by atoms with Crippen LogP contribution in [-0.4, -0.2) is 45.0 Å². The number of aryl methyl sites for hydroxylation is 2. The molecule has 1 saturated heterocycles. The fourth-order valence-corrected chi connectivity index (χ4v) is 2.93. The van der Waals surface area contributed by atoms with Crippen LogP contribution in [0.25, 0.3) is 0 Å². The molecule has 2 aromatic heterocycles. The molecule has 0 aliphatic carbocycles. The molecule has 1 aliphatic heterocycles. The van der Waals surface area contributed by atoms with E-state index >= 15 is 0 Å². The molecule has 1 amide bonds. The average Bonchev–Trinajstić information content (AvgIpc) is 3.07. The molecule has 0 aromatic carbocycles. The van der Waals surface area contributed by atoms with E-state index in [9.17, 15) is 4.79 Å². The van der Waals surface area contributed by atoms with E-state index in [2.05, 4.69) is 9.97 Å². The second kappa shape index (κ2) is 7.44. The van der Waals surface area contributed by atoms with Crippen LogP contribution in [0.15, 0.2) is 30.9 Å². The predicted octanol–water partition coefficient (Wildman–Crippen LogP) is 1.55. The van der Waals surface area contributed by atoms with Gasteiger partial charge in [0.2, 0.25) is 5.91 Å². The van der Waals surface area contributed by atoms with E-state index in [1.807, 2.05) is 34.7 Å². The number of nitrogen functional groups attached to an aromatic ring is 1. The van der Waals surface area contributed by atoms with Gasteiger partial charge in [0.1, 0.15) is 6.10 Å². The lowest BCUT2D eigenvalue weighted by Crippen LogP contribution is -2.42. The molecule has 1 aliphatic rings. The normalized spacial score (nSPS) is 17.9. The van der Waals surface area contributed by atoms with Crippen molar-refractivity contribution in [1.29, 1.82) is 0 Å². The van der Waals surface area contributed by atoms with Gasteiger partial charge in [0.05, 0.1) is 25.2 Å². The molecule has 128 valence electrons. The van der Waals surface area contributed by atoms with Gasteiger partial charge in [-0.1, -0.05) is 0 Å². The summed E-state index contributed by atoms with van der Waals surface area (Å²) in [5, 5.41) is 0. The largest absolute Gasteiger partial charge is 0.399 e. The number of hydrogen-bond donors (Lipinski definition) is 1. The Morgan fingerprint density at radius 3 is 3.08 bits per heavy atom. The first kappa shape index (κ1) is 16.4. The second-order valence-corrected chi connectivity index (χ2v) is 6.07. The standard InChI is InChI=1S/C17H23N5O2/c1-13-9-14(18)10-15(20-13)16-11-22(7-8-24-16)17(23)3-2-5-21-6-4-19-12-21/h4,6,9-10,12,16H,2-3,5,7-8,11H2,1H3,(H2,18,20). The van der Waals surface area contributed by atoms with Crippen molar-refractivity contribution < 1.29 is 9.53 Å². The SMILES string of the molecule is Cc1cc(N)cc(C2CN(C(=O)CCCn3ccnc3)CCO2)n1. The van der Waals surface area contributed by atoms with Crippen LogP contribution in [0.2, 0.25) is 0 Å². The van der Waals surface area contributed by atoms with Crippen LogP contribution in [0.5, 0.6) is 0 Å². The highest BCUT2D eigenvalue weighted by Gasteiger charge is 2.26. The molecular formula is C17H23N5O2. The third-order valence-corrected chi connectivity index (χ3v) is 4.11. The van der Waals surface area contributed by atoms with Crippen LogP contribution in [-0.2, 0) is 16.1 Å². The van der Waals surface area contributed by atoms with Crippen molar-refractivity contribution in [2.24, 2.45) is 0 Å². The number of carbonyl (C=O) groups is 1. The third kappa shape index (κ3) is 4.11. The minimum atomic E-state index is -0.210. The summed E-state index contributed by atoms with van der Waals surface area (Å²) < 4.78 is 7.77. The lowest BCUT2D eigenvalue weighted by atomic mass is 10.1. The molecule has 2 aromatic rings. The van der Waals surface area contributed by atoms with Crippen LogP contribution in [0.4, 0.5) is 5.69 Å². The van der Waals surface area contributed by atoms with Gasteiger partial charge in [-0.25, -0.2) is 4.98 Å². The number of amides is 1. The Hall–Kier alpha value is -2.41. The Morgan fingerprint density at radius 2 is 2.33 bits per heavy atom. The molecule has 0 spiro atoms. The van der Waals surface area contributed by atoms with Crippen LogP contribution in [0.1, 0.15) is 30.3 Å². The Kier molecular flexibility index (Phi) is 5.10. The van der Waals surface area contributed by atoms with Gasteiger partial charge in [-0.05, 0) is 25.5 Å². The van der Waals surface area contributed by atoms with E-state index in [4.69, 9.17) is 10.5 Å². The Labute approximate surface area is 141 Å². The molecule has 3 heterocycles. The van der Waals surface area contributed by atoms with E-state index < -0.39 is 0 Å². The van der Waals surface area contributed by atoms with Gasteiger partial charge in [0.15, 0.2) is 0 Å². The Morgan fingerprint density at radius 1 is 1.46 bits per heavy atom. The summed E-state index contributed by atoms with van der Waals surface area (Å²) in [5.41, 5.74) is 8.21. The third-order valence-electron chi connectivity index (χ3n) is 4.11. The molecule has 24 heavy (non-hydrogen) atoms. The molecule has 7 nitrogen and oxygen atoms in total. The van der Waals surface area contributed by atoms with Gasteiger partial charge in [-0.2, -0.15) is 0 Å². The van der Waals surface area contributed by atoms with Crippen LogP contribution < -0.4 is 5.73 Å². The maximum Gasteiger partial charge on any atom is 0.222 e. The second-order valence-electron chi connectivity index (χ2n) is 6.07. The van der Waals surface area contributed by atoms with Crippen molar-refractivity contribution in [3.63, 3.8) is 0 Å². The van der Waals surface area contributed by atoms with Crippen LogP contribution in [0.3, 0.4) is 0 Å². The Balaban J connectivity index is 1.55. The summed E-state index contributed by atoms with van der Waals surface area (Å²) in [6.07, 6.45) is 6.53. The first-order chi connectivity index (χ1) is 11.6. The van der Waals surface area contributed by atoms with E-state index in [1.165, 1.54) is 0 Å². The number of imidazole rings is 1. The topological polar surface area (TPSA) is 86.3 Å². The summed E-state index contributed by atoms with van der Waals surface area (Å²) in [6.45, 7) is 4.38. The summed E-state index contributed by atoms with van der Waals surface area (Å²) in [4.78, 5) is 22.8. The molecule has 2 N–H and O–H groups in total. The van der Waals surface area contributed by atoms with Gasteiger partial charge >= 0.3 is 0 Å². The monoisotopic (exact) mass is 329 g/mol. The zero-order chi connectivity index (χ0) is 16.9. The number of aromatic nitrogens is 3. The molecule has 1 fully saturated rings. The number of ether oxygens (including phenoxy) is 1. The maximum atomic E-state index is 12.4. The van der Waals surface area contributed by atoms with Crippen molar-refractivity contribution in [3.8, 4) is 0 Å². The molecule has 1 atom stereocenters. The number of anilines is 1. The quantitative estimate of drug-likeness (QED) is 0.899. The maximum absolute atomic E-state index is 12.4. The van der Waals surface area contributed by atoms with Gasteiger partial charge in [0, 0.05) is 43.3 Å². The van der Waals surface area contributed by atoms with Crippen molar-refractivity contribution >= 4 is 11.6 Å². The lowest BCUT2D eigenvalue weighted by Gasteiger charge is -2.33. The highest BCUT2D eigenvalue weighted by atomic mass is 16.5. The van der Waals surface area contributed by atoms with E-state index in [0.29, 0.717) is 31.8 Å². The highest BCUT2D eigenvalue weighted by Crippen LogP contribution is 2.23. The summed E-state index contributed by atoms with van der Waals surface area (Å²) in [7, 11) is 0. The van der Waals surface area contributed by atoms with Gasteiger partial charge in [-0.3, -0.25) is 9.78 Å². The molecule has 0 saturated carbocycles. The molecule has 3 rings (SSSR count). The highest BCUT2D eigenvalue weighted by molar-refractivity contribution is 5.76. The molecular weight excluding hydrogens is 306 g/mol. The zero-order valence-electron chi connectivity index (χ0n) is 13.9. The molecule has 0 bridgehead atoms. The summed E-state index contributed by atoms with van der Waals surface area (Å²) in [5.74, 6) is 0.157. The number of rotatable bonds is 5. The predicted molar refractivity (Wildman–Crippen MR) is 90.1 cm³/mol. The van der Waals surface area contributed by atoms with E-state index in [-0.39, 0.29) is 12.0 Å². The number of pyridine rings is 1. The lowest BCUT2D eigenvalue weighted by molar-refractivity contribution is -0.139. The minimum Gasteiger partial charge on any atom is -0.399 e. The van der Waals surface area contributed by atoms with Crippen molar-refractivity contribution in [2.75, 3.05) is 25.4 Å². The minimum absolute atomic E-state index is 0.157. The van der Waals surface area contributed by atoms with Crippen molar-refractivity contribution in [3.05, 3.63) is 42.2 Å². The number of nitrogens with zero attached hydrogens (tertiary/aromatic N) is 4. The average molecular weight is 329 g/mol. The van der Waals surface area contributed by atoms with E-state index in [0.717, 1.165) is 24.4 Å². The van der Waals surface area contributed by atoms with Gasteiger partial charge in [0.25, 0.3) is 0 Å². The van der Waals surface area contributed by atoms with Crippen molar-refractivity contribution in [1.82, 2.24) is 19.4 Å². The fourth-order valence-electron chi connectivity index (χ4n) is 2.93.